The number of anilines is 1. The second-order valence-corrected chi connectivity index (χ2v) is 3.40. The number of aromatic nitrogens is 1. The van der Waals surface area contributed by atoms with Crippen molar-refractivity contribution in [2.75, 3.05) is 18.0 Å². The minimum absolute atomic E-state index is 0. The Hall–Kier alpha value is -1.29. The molecule has 0 aliphatic carbocycles. The lowest BCUT2D eigenvalue weighted by molar-refractivity contribution is 0.0696. The standard InChI is InChI=1S/C10H12N2O2.ClH/c13-10(14)8-3-4-9(11-7-8)12-5-1-2-6-12;/h3-4,7H,1-2,5-6H2,(H,13,14);1H. The summed E-state index contributed by atoms with van der Waals surface area (Å²) in [5.41, 5.74) is 0.243. The van der Waals surface area contributed by atoms with Gasteiger partial charge in [0.25, 0.3) is 0 Å². The van der Waals surface area contributed by atoms with Crippen LogP contribution in [-0.4, -0.2) is 29.1 Å². The van der Waals surface area contributed by atoms with Crippen molar-refractivity contribution >= 4 is 24.2 Å². The molecule has 0 radical (unpaired) electrons. The van der Waals surface area contributed by atoms with Gasteiger partial charge in [-0.05, 0) is 25.0 Å². The molecule has 1 aromatic heterocycles. The van der Waals surface area contributed by atoms with Crippen LogP contribution >= 0.6 is 12.4 Å². The molecule has 1 N–H and O–H groups in total. The van der Waals surface area contributed by atoms with Crippen LogP contribution in [0.1, 0.15) is 23.2 Å². The summed E-state index contributed by atoms with van der Waals surface area (Å²) in [6.07, 6.45) is 3.81. The maximum atomic E-state index is 10.6. The summed E-state index contributed by atoms with van der Waals surface area (Å²) < 4.78 is 0. The summed E-state index contributed by atoms with van der Waals surface area (Å²) in [5.74, 6) is -0.0435. The Morgan fingerprint density at radius 2 is 2.00 bits per heavy atom. The number of pyridine rings is 1. The maximum Gasteiger partial charge on any atom is 0.337 e. The lowest BCUT2D eigenvalue weighted by Gasteiger charge is -2.15. The lowest BCUT2D eigenvalue weighted by Crippen LogP contribution is -2.18. The van der Waals surface area contributed by atoms with Gasteiger partial charge in [0, 0.05) is 19.3 Å². The average molecular weight is 229 g/mol. The zero-order valence-electron chi connectivity index (χ0n) is 8.22. The van der Waals surface area contributed by atoms with Gasteiger partial charge >= 0.3 is 5.97 Å². The van der Waals surface area contributed by atoms with Crippen LogP contribution < -0.4 is 4.90 Å². The topological polar surface area (TPSA) is 53.4 Å². The molecule has 2 rings (SSSR count). The van der Waals surface area contributed by atoms with Crippen molar-refractivity contribution in [1.82, 2.24) is 4.98 Å². The molecule has 1 saturated heterocycles. The predicted octanol–water partition coefficient (Wildman–Crippen LogP) is 1.80. The molecule has 0 atom stereocenters. The van der Waals surface area contributed by atoms with Crippen molar-refractivity contribution in [3.8, 4) is 0 Å². The van der Waals surface area contributed by atoms with E-state index in [1.165, 1.54) is 19.0 Å². The number of halogens is 1. The summed E-state index contributed by atoms with van der Waals surface area (Å²) in [6, 6.07) is 3.37. The van der Waals surface area contributed by atoms with Crippen molar-refractivity contribution in [3.63, 3.8) is 0 Å². The van der Waals surface area contributed by atoms with Crippen LogP contribution in [0.4, 0.5) is 5.82 Å². The second kappa shape index (κ2) is 4.98. The number of rotatable bonds is 2. The molecule has 2 heterocycles. The normalized spacial score (nSPS) is 14.8. The smallest absolute Gasteiger partial charge is 0.337 e. The zero-order valence-corrected chi connectivity index (χ0v) is 9.04. The third-order valence-corrected chi connectivity index (χ3v) is 2.42. The van der Waals surface area contributed by atoms with Crippen LogP contribution in [0.3, 0.4) is 0 Å². The summed E-state index contributed by atoms with van der Waals surface area (Å²) in [4.78, 5) is 16.9. The van der Waals surface area contributed by atoms with Crippen LogP contribution in [0.2, 0.25) is 0 Å². The van der Waals surface area contributed by atoms with Crippen LogP contribution in [0.15, 0.2) is 18.3 Å². The number of hydrogen-bond donors (Lipinski definition) is 1. The fourth-order valence-corrected chi connectivity index (χ4v) is 1.65. The fourth-order valence-electron chi connectivity index (χ4n) is 1.65. The highest BCUT2D eigenvalue weighted by molar-refractivity contribution is 5.87. The molecule has 0 saturated carbocycles. The van der Waals surface area contributed by atoms with E-state index in [0.717, 1.165) is 18.9 Å². The van der Waals surface area contributed by atoms with Gasteiger partial charge in [0.15, 0.2) is 0 Å². The van der Waals surface area contributed by atoms with Gasteiger partial charge in [-0.25, -0.2) is 9.78 Å². The van der Waals surface area contributed by atoms with Gasteiger partial charge in [0.1, 0.15) is 5.82 Å². The minimum Gasteiger partial charge on any atom is -0.478 e. The molecule has 1 aliphatic heterocycles. The third kappa shape index (κ3) is 2.59. The predicted molar refractivity (Wildman–Crippen MR) is 59.9 cm³/mol. The van der Waals surface area contributed by atoms with E-state index in [0.29, 0.717) is 0 Å². The van der Waals surface area contributed by atoms with Gasteiger partial charge < -0.3 is 10.0 Å². The molecule has 15 heavy (non-hydrogen) atoms. The van der Waals surface area contributed by atoms with E-state index in [1.54, 1.807) is 12.1 Å². The van der Waals surface area contributed by atoms with Crippen molar-refractivity contribution in [2.24, 2.45) is 0 Å². The zero-order chi connectivity index (χ0) is 9.97. The lowest BCUT2D eigenvalue weighted by atomic mass is 10.3. The van der Waals surface area contributed by atoms with Gasteiger partial charge in [0.2, 0.25) is 0 Å². The highest BCUT2D eigenvalue weighted by Gasteiger charge is 2.13. The molecule has 0 amide bonds. The quantitative estimate of drug-likeness (QED) is 0.839. The second-order valence-electron chi connectivity index (χ2n) is 3.40. The van der Waals surface area contributed by atoms with E-state index in [9.17, 15) is 4.79 Å². The van der Waals surface area contributed by atoms with Gasteiger partial charge in [-0.1, -0.05) is 0 Å². The molecular formula is C10H13ClN2O2. The van der Waals surface area contributed by atoms with E-state index in [1.807, 2.05) is 0 Å². The molecule has 82 valence electrons. The number of hydrogen-bond acceptors (Lipinski definition) is 3. The van der Waals surface area contributed by atoms with E-state index in [2.05, 4.69) is 9.88 Å². The van der Waals surface area contributed by atoms with Gasteiger partial charge in [-0.3, -0.25) is 0 Å². The molecule has 1 aliphatic rings. The van der Waals surface area contributed by atoms with Crippen LogP contribution in [0, 0.1) is 0 Å². The van der Waals surface area contributed by atoms with Gasteiger partial charge in [-0.15, -0.1) is 12.4 Å². The number of aromatic carboxylic acids is 1. The highest BCUT2D eigenvalue weighted by Crippen LogP contribution is 2.17. The summed E-state index contributed by atoms with van der Waals surface area (Å²) >= 11 is 0. The fraction of sp³-hybridized carbons (Fsp3) is 0.400. The highest BCUT2D eigenvalue weighted by atomic mass is 35.5. The monoisotopic (exact) mass is 228 g/mol. The average Bonchev–Trinajstić information content (AvgIpc) is 2.71. The maximum absolute atomic E-state index is 10.6. The third-order valence-electron chi connectivity index (χ3n) is 2.42. The van der Waals surface area contributed by atoms with Crippen molar-refractivity contribution in [3.05, 3.63) is 23.9 Å². The van der Waals surface area contributed by atoms with E-state index in [4.69, 9.17) is 5.11 Å². The van der Waals surface area contributed by atoms with Crippen molar-refractivity contribution < 1.29 is 9.90 Å². The van der Waals surface area contributed by atoms with E-state index >= 15 is 0 Å². The number of carboxylic acid groups (broad SMARTS) is 1. The summed E-state index contributed by atoms with van der Waals surface area (Å²) in [7, 11) is 0. The number of carboxylic acids is 1. The van der Waals surface area contributed by atoms with Crippen LogP contribution in [-0.2, 0) is 0 Å². The molecule has 0 unspecified atom stereocenters. The molecule has 0 aromatic carbocycles. The molecule has 0 spiro atoms. The largest absolute Gasteiger partial charge is 0.478 e. The molecule has 1 aromatic rings. The number of nitrogens with zero attached hydrogens (tertiary/aromatic N) is 2. The molecule has 4 nitrogen and oxygen atoms in total. The Kier molecular flexibility index (Phi) is 3.91. The van der Waals surface area contributed by atoms with Crippen LogP contribution in [0.25, 0.3) is 0 Å². The minimum atomic E-state index is -0.925. The molecule has 5 heteroatoms. The first kappa shape index (κ1) is 11.8. The SMILES string of the molecule is Cl.O=C(O)c1ccc(N2CCCC2)nc1. The van der Waals surface area contributed by atoms with Crippen LogP contribution in [0.5, 0.6) is 0 Å². The Morgan fingerprint density at radius 1 is 1.33 bits per heavy atom. The van der Waals surface area contributed by atoms with E-state index < -0.39 is 5.97 Å². The number of carbonyl (C=O) groups is 1. The van der Waals surface area contributed by atoms with Gasteiger partial charge in [-0.2, -0.15) is 0 Å². The van der Waals surface area contributed by atoms with Gasteiger partial charge in [0.05, 0.1) is 5.56 Å². The molecule has 1 fully saturated rings. The Balaban J connectivity index is 0.00000112. The van der Waals surface area contributed by atoms with E-state index in [-0.39, 0.29) is 18.0 Å². The Labute approximate surface area is 94.3 Å². The first-order valence-electron chi connectivity index (χ1n) is 4.71. The van der Waals surface area contributed by atoms with Crippen molar-refractivity contribution in [2.45, 2.75) is 12.8 Å². The first-order chi connectivity index (χ1) is 6.77. The molecular weight excluding hydrogens is 216 g/mol. The van der Waals surface area contributed by atoms with Crippen molar-refractivity contribution in [1.29, 1.82) is 0 Å². The Morgan fingerprint density at radius 3 is 2.47 bits per heavy atom. The molecule has 0 bridgehead atoms. The Bertz CT molecular complexity index is 334. The first-order valence-corrected chi connectivity index (χ1v) is 4.71. The summed E-state index contributed by atoms with van der Waals surface area (Å²) in [5, 5.41) is 8.69. The summed E-state index contributed by atoms with van der Waals surface area (Å²) in [6.45, 7) is 2.05.